The molecule has 0 aromatic carbocycles. The van der Waals surface area contributed by atoms with E-state index >= 15 is 0 Å². The standard InChI is InChI=1S/C15H24N2/c1-2-13-5-3-7-15(9-8-13)17-12-14-6-4-10-16-11-14/h4,6,10-11,13,15,17H,2-3,5,7-9,12H2,1H3. The molecule has 0 saturated heterocycles. The number of rotatable bonds is 4. The van der Waals surface area contributed by atoms with Gasteiger partial charge in [0.05, 0.1) is 0 Å². The summed E-state index contributed by atoms with van der Waals surface area (Å²) in [6.45, 7) is 3.29. The Morgan fingerprint density at radius 3 is 3.00 bits per heavy atom. The molecule has 2 heteroatoms. The average molecular weight is 232 g/mol. The van der Waals surface area contributed by atoms with Crippen LogP contribution in [-0.4, -0.2) is 11.0 Å². The van der Waals surface area contributed by atoms with Crippen molar-refractivity contribution < 1.29 is 0 Å². The molecule has 0 bridgehead atoms. The van der Waals surface area contributed by atoms with Gasteiger partial charge in [0.2, 0.25) is 0 Å². The molecule has 2 rings (SSSR count). The van der Waals surface area contributed by atoms with Crippen LogP contribution in [0.4, 0.5) is 0 Å². The third-order valence-electron chi connectivity index (χ3n) is 3.98. The Hall–Kier alpha value is -0.890. The Bertz CT molecular complexity index is 310. The van der Waals surface area contributed by atoms with Crippen molar-refractivity contribution in [3.63, 3.8) is 0 Å². The van der Waals surface area contributed by atoms with Crippen LogP contribution in [0.15, 0.2) is 24.5 Å². The van der Waals surface area contributed by atoms with E-state index in [4.69, 9.17) is 0 Å². The van der Waals surface area contributed by atoms with E-state index in [-0.39, 0.29) is 0 Å². The highest BCUT2D eigenvalue weighted by Gasteiger charge is 2.17. The van der Waals surface area contributed by atoms with Crippen LogP contribution in [0, 0.1) is 5.92 Å². The smallest absolute Gasteiger partial charge is 0.0312 e. The molecule has 2 unspecified atom stereocenters. The van der Waals surface area contributed by atoms with Crippen LogP contribution in [-0.2, 0) is 6.54 Å². The predicted molar refractivity (Wildman–Crippen MR) is 71.7 cm³/mol. The lowest BCUT2D eigenvalue weighted by Crippen LogP contribution is -2.28. The first-order chi connectivity index (χ1) is 8.38. The lowest BCUT2D eigenvalue weighted by molar-refractivity contribution is 0.425. The van der Waals surface area contributed by atoms with Crippen LogP contribution in [0.3, 0.4) is 0 Å². The summed E-state index contributed by atoms with van der Waals surface area (Å²) in [6.07, 6.45) is 12.1. The van der Waals surface area contributed by atoms with Crippen molar-refractivity contribution in [2.24, 2.45) is 5.92 Å². The molecule has 1 aromatic heterocycles. The third kappa shape index (κ3) is 4.12. The van der Waals surface area contributed by atoms with Crippen molar-refractivity contribution in [1.29, 1.82) is 0 Å². The van der Waals surface area contributed by atoms with Gasteiger partial charge in [-0.05, 0) is 36.8 Å². The molecule has 17 heavy (non-hydrogen) atoms. The molecule has 0 spiro atoms. The van der Waals surface area contributed by atoms with Crippen molar-refractivity contribution in [2.45, 2.75) is 58.0 Å². The second-order valence-electron chi connectivity index (χ2n) is 5.22. The second kappa shape index (κ2) is 6.75. The highest BCUT2D eigenvalue weighted by Crippen LogP contribution is 2.25. The average Bonchev–Trinajstić information content (AvgIpc) is 2.62. The van der Waals surface area contributed by atoms with Gasteiger partial charge in [-0.25, -0.2) is 0 Å². The van der Waals surface area contributed by atoms with E-state index in [1.807, 2.05) is 18.5 Å². The van der Waals surface area contributed by atoms with Crippen LogP contribution >= 0.6 is 0 Å². The third-order valence-corrected chi connectivity index (χ3v) is 3.98. The summed E-state index contributed by atoms with van der Waals surface area (Å²) in [6, 6.07) is 4.87. The summed E-state index contributed by atoms with van der Waals surface area (Å²) in [4.78, 5) is 4.15. The van der Waals surface area contributed by atoms with E-state index < -0.39 is 0 Å². The molecule has 1 aliphatic carbocycles. The summed E-state index contributed by atoms with van der Waals surface area (Å²) in [7, 11) is 0. The van der Waals surface area contributed by atoms with Gasteiger partial charge < -0.3 is 5.32 Å². The van der Waals surface area contributed by atoms with Crippen molar-refractivity contribution in [3.8, 4) is 0 Å². The molecule has 2 nitrogen and oxygen atoms in total. The minimum atomic E-state index is 0.715. The van der Waals surface area contributed by atoms with E-state index in [1.165, 1.54) is 44.1 Å². The van der Waals surface area contributed by atoms with Crippen molar-refractivity contribution in [2.75, 3.05) is 0 Å². The summed E-state index contributed by atoms with van der Waals surface area (Å²) >= 11 is 0. The molecule has 1 saturated carbocycles. The maximum absolute atomic E-state index is 4.15. The summed E-state index contributed by atoms with van der Waals surface area (Å²) in [5.74, 6) is 0.972. The number of aromatic nitrogens is 1. The van der Waals surface area contributed by atoms with Crippen LogP contribution in [0.1, 0.15) is 51.0 Å². The Labute approximate surface area is 105 Å². The molecule has 94 valence electrons. The first-order valence-electron chi connectivity index (χ1n) is 7.00. The fourth-order valence-electron chi connectivity index (χ4n) is 2.76. The van der Waals surface area contributed by atoms with Crippen molar-refractivity contribution in [3.05, 3.63) is 30.1 Å². The second-order valence-corrected chi connectivity index (χ2v) is 5.22. The number of pyridine rings is 1. The SMILES string of the molecule is CCC1CCCC(NCc2cccnc2)CC1. The zero-order valence-electron chi connectivity index (χ0n) is 10.9. The molecule has 1 fully saturated rings. The van der Waals surface area contributed by atoms with Gasteiger partial charge in [-0.3, -0.25) is 4.98 Å². The molecule has 0 radical (unpaired) electrons. The van der Waals surface area contributed by atoms with E-state index in [2.05, 4.69) is 23.3 Å². The Balaban J connectivity index is 1.76. The zero-order chi connectivity index (χ0) is 11.9. The maximum Gasteiger partial charge on any atom is 0.0312 e. The van der Waals surface area contributed by atoms with E-state index in [0.29, 0.717) is 6.04 Å². The lowest BCUT2D eigenvalue weighted by atomic mass is 9.98. The molecule has 0 aliphatic heterocycles. The monoisotopic (exact) mass is 232 g/mol. The summed E-state index contributed by atoms with van der Waals surface area (Å²) in [5.41, 5.74) is 1.30. The first-order valence-corrected chi connectivity index (χ1v) is 7.00. The van der Waals surface area contributed by atoms with Gasteiger partial charge in [-0.15, -0.1) is 0 Å². The van der Waals surface area contributed by atoms with Gasteiger partial charge in [0.1, 0.15) is 0 Å². The maximum atomic E-state index is 4.15. The Morgan fingerprint density at radius 1 is 1.29 bits per heavy atom. The van der Waals surface area contributed by atoms with E-state index in [1.54, 1.807) is 0 Å². The quantitative estimate of drug-likeness (QED) is 0.803. The minimum Gasteiger partial charge on any atom is -0.310 e. The van der Waals surface area contributed by atoms with Gasteiger partial charge in [-0.2, -0.15) is 0 Å². The number of nitrogens with one attached hydrogen (secondary N) is 1. The topological polar surface area (TPSA) is 24.9 Å². The van der Waals surface area contributed by atoms with Gasteiger partial charge in [0, 0.05) is 25.0 Å². The molecule has 1 aliphatic rings. The van der Waals surface area contributed by atoms with E-state index in [0.717, 1.165) is 12.5 Å². The van der Waals surface area contributed by atoms with Crippen LogP contribution in [0.25, 0.3) is 0 Å². The highest BCUT2D eigenvalue weighted by atomic mass is 14.9. The molecular weight excluding hydrogens is 208 g/mol. The normalized spacial score (nSPS) is 25.5. The van der Waals surface area contributed by atoms with Crippen LogP contribution < -0.4 is 5.32 Å². The fourth-order valence-corrected chi connectivity index (χ4v) is 2.76. The largest absolute Gasteiger partial charge is 0.310 e. The van der Waals surface area contributed by atoms with E-state index in [9.17, 15) is 0 Å². The Morgan fingerprint density at radius 2 is 2.24 bits per heavy atom. The fraction of sp³-hybridized carbons (Fsp3) is 0.667. The van der Waals surface area contributed by atoms with Gasteiger partial charge in [0.15, 0.2) is 0 Å². The zero-order valence-corrected chi connectivity index (χ0v) is 10.9. The van der Waals surface area contributed by atoms with Crippen LogP contribution in [0.2, 0.25) is 0 Å². The molecule has 0 amide bonds. The molecule has 2 atom stereocenters. The predicted octanol–water partition coefficient (Wildman–Crippen LogP) is 3.53. The van der Waals surface area contributed by atoms with Gasteiger partial charge in [0.25, 0.3) is 0 Å². The number of nitrogens with zero attached hydrogens (tertiary/aromatic N) is 1. The van der Waals surface area contributed by atoms with Crippen LogP contribution in [0.5, 0.6) is 0 Å². The van der Waals surface area contributed by atoms with Gasteiger partial charge >= 0.3 is 0 Å². The Kier molecular flexibility index (Phi) is 4.99. The van der Waals surface area contributed by atoms with Crippen molar-refractivity contribution in [1.82, 2.24) is 10.3 Å². The first kappa shape index (κ1) is 12.6. The molecular formula is C15H24N2. The highest BCUT2D eigenvalue weighted by molar-refractivity contribution is 5.08. The summed E-state index contributed by atoms with van der Waals surface area (Å²) < 4.78 is 0. The number of hydrogen-bond donors (Lipinski definition) is 1. The van der Waals surface area contributed by atoms with Gasteiger partial charge in [-0.1, -0.05) is 32.3 Å². The lowest BCUT2D eigenvalue weighted by Gasteiger charge is -2.16. The number of hydrogen-bond acceptors (Lipinski definition) is 2. The van der Waals surface area contributed by atoms with Crippen molar-refractivity contribution >= 4 is 0 Å². The molecule has 1 aromatic rings. The summed E-state index contributed by atoms with van der Waals surface area (Å²) in [5, 5.41) is 3.68. The molecule has 1 heterocycles. The minimum absolute atomic E-state index is 0.715. The molecule has 1 N–H and O–H groups in total.